The second-order valence-corrected chi connectivity index (χ2v) is 10.5. The van der Waals surface area contributed by atoms with Crippen LogP contribution in [0.5, 0.6) is 5.75 Å². The first-order valence-electron chi connectivity index (χ1n) is 10.7. The van der Waals surface area contributed by atoms with Gasteiger partial charge in [-0.25, -0.2) is 8.42 Å². The molecule has 2 fully saturated rings. The Morgan fingerprint density at radius 1 is 1.13 bits per heavy atom. The van der Waals surface area contributed by atoms with E-state index in [0.29, 0.717) is 34.9 Å². The summed E-state index contributed by atoms with van der Waals surface area (Å²) in [6.07, 6.45) is 4.51. The number of para-hydroxylation sites is 2. The lowest BCUT2D eigenvalue weighted by Crippen LogP contribution is -2.46. The summed E-state index contributed by atoms with van der Waals surface area (Å²) in [5.74, 6) is 1.30. The van der Waals surface area contributed by atoms with Crippen LogP contribution >= 0.6 is 11.6 Å². The standard InChI is InChI=1S/C23H27ClN2O4S/c1-2-30-22-6-4-3-5-21(22)26(31(28,29)19-11-9-18(24)10-12-19)15-23(27)25-20-14-16-7-8-17(20)13-16/h3-6,9-12,16-17,20H,2,7-8,13-15H2,1H3,(H,25,27)/t16-,17-,20-/m0/s1. The highest BCUT2D eigenvalue weighted by Gasteiger charge is 2.40. The molecular formula is C23H27ClN2O4S. The van der Waals surface area contributed by atoms with E-state index in [9.17, 15) is 13.2 Å². The molecule has 0 unspecified atom stereocenters. The Kier molecular flexibility index (Phi) is 6.44. The highest BCUT2D eigenvalue weighted by Crippen LogP contribution is 2.44. The van der Waals surface area contributed by atoms with Gasteiger partial charge in [-0.15, -0.1) is 0 Å². The van der Waals surface area contributed by atoms with Crippen LogP contribution in [0.15, 0.2) is 53.4 Å². The molecule has 0 aliphatic heterocycles. The Hall–Kier alpha value is -2.25. The van der Waals surface area contributed by atoms with Gasteiger partial charge < -0.3 is 10.1 Å². The minimum atomic E-state index is -4.02. The Bertz CT molecular complexity index is 1040. The van der Waals surface area contributed by atoms with Crippen molar-refractivity contribution in [2.45, 2.75) is 43.5 Å². The van der Waals surface area contributed by atoms with Gasteiger partial charge in [0.15, 0.2) is 0 Å². The number of hydrogen-bond donors (Lipinski definition) is 1. The van der Waals surface area contributed by atoms with Crippen molar-refractivity contribution in [2.24, 2.45) is 11.8 Å². The third-order valence-electron chi connectivity index (χ3n) is 6.21. The predicted molar refractivity (Wildman–Crippen MR) is 121 cm³/mol. The predicted octanol–water partition coefficient (Wildman–Crippen LogP) is 4.24. The van der Waals surface area contributed by atoms with Crippen LogP contribution in [0.3, 0.4) is 0 Å². The van der Waals surface area contributed by atoms with Crippen LogP contribution in [-0.2, 0) is 14.8 Å². The molecule has 2 saturated carbocycles. The summed E-state index contributed by atoms with van der Waals surface area (Å²) in [6.45, 7) is 1.89. The molecule has 2 aliphatic rings. The number of halogens is 1. The average Bonchev–Trinajstić information content (AvgIpc) is 3.36. The van der Waals surface area contributed by atoms with E-state index < -0.39 is 10.0 Å². The molecule has 1 amide bonds. The molecular weight excluding hydrogens is 436 g/mol. The number of nitrogens with zero attached hydrogens (tertiary/aromatic N) is 1. The number of benzene rings is 2. The normalized spacial score (nSPS) is 22.3. The van der Waals surface area contributed by atoms with Crippen LogP contribution in [0.1, 0.15) is 32.6 Å². The largest absolute Gasteiger partial charge is 0.492 e. The monoisotopic (exact) mass is 462 g/mol. The van der Waals surface area contributed by atoms with Gasteiger partial charge in [-0.2, -0.15) is 0 Å². The van der Waals surface area contributed by atoms with Gasteiger partial charge >= 0.3 is 0 Å². The summed E-state index contributed by atoms with van der Waals surface area (Å²) in [5.41, 5.74) is 0.336. The molecule has 3 atom stereocenters. The summed E-state index contributed by atoms with van der Waals surface area (Å²) in [5, 5.41) is 3.53. The lowest BCUT2D eigenvalue weighted by atomic mass is 9.95. The molecule has 6 nitrogen and oxygen atoms in total. The molecule has 2 bridgehead atoms. The van der Waals surface area contributed by atoms with Gasteiger partial charge in [-0.3, -0.25) is 9.10 Å². The average molecular weight is 463 g/mol. The van der Waals surface area contributed by atoms with Crippen LogP contribution in [0.2, 0.25) is 5.02 Å². The summed E-state index contributed by atoms with van der Waals surface area (Å²) < 4.78 is 33.9. The third kappa shape index (κ3) is 4.67. The minimum Gasteiger partial charge on any atom is -0.492 e. The molecule has 0 spiro atoms. The van der Waals surface area contributed by atoms with Gasteiger partial charge in [-0.1, -0.05) is 30.2 Å². The number of hydrogen-bond acceptors (Lipinski definition) is 4. The molecule has 0 heterocycles. The first-order valence-corrected chi connectivity index (χ1v) is 12.5. The van der Waals surface area contributed by atoms with E-state index in [0.717, 1.165) is 23.6 Å². The van der Waals surface area contributed by atoms with E-state index >= 15 is 0 Å². The second-order valence-electron chi connectivity index (χ2n) is 8.22. The molecule has 2 aromatic rings. The van der Waals surface area contributed by atoms with E-state index in [-0.39, 0.29) is 23.4 Å². The number of fused-ring (bicyclic) bond motifs is 2. The van der Waals surface area contributed by atoms with Gasteiger partial charge in [0.25, 0.3) is 10.0 Å². The van der Waals surface area contributed by atoms with Crippen molar-refractivity contribution >= 4 is 33.2 Å². The zero-order chi connectivity index (χ0) is 22.0. The highest BCUT2D eigenvalue weighted by atomic mass is 35.5. The van der Waals surface area contributed by atoms with Crippen LogP contribution in [-0.4, -0.2) is 33.5 Å². The zero-order valence-corrected chi connectivity index (χ0v) is 19.0. The number of amides is 1. The topological polar surface area (TPSA) is 75.7 Å². The van der Waals surface area contributed by atoms with E-state index in [2.05, 4.69) is 5.32 Å². The van der Waals surface area contributed by atoms with Crippen LogP contribution in [0, 0.1) is 11.8 Å². The Morgan fingerprint density at radius 2 is 1.87 bits per heavy atom. The van der Waals surface area contributed by atoms with Gasteiger partial charge in [0.2, 0.25) is 5.91 Å². The van der Waals surface area contributed by atoms with E-state index in [1.54, 1.807) is 24.3 Å². The van der Waals surface area contributed by atoms with Gasteiger partial charge in [0.05, 0.1) is 17.2 Å². The first kappa shape index (κ1) is 22.0. The van der Waals surface area contributed by atoms with Gasteiger partial charge in [0.1, 0.15) is 12.3 Å². The quantitative estimate of drug-likeness (QED) is 0.636. The number of ether oxygens (including phenoxy) is 1. The molecule has 0 saturated heterocycles. The van der Waals surface area contributed by atoms with Crippen molar-refractivity contribution in [3.63, 3.8) is 0 Å². The van der Waals surface area contributed by atoms with Crippen LogP contribution in [0.4, 0.5) is 5.69 Å². The molecule has 0 aromatic heterocycles. The summed E-state index contributed by atoms with van der Waals surface area (Å²) in [4.78, 5) is 13.0. The molecule has 2 aromatic carbocycles. The minimum absolute atomic E-state index is 0.0657. The fourth-order valence-electron chi connectivity index (χ4n) is 4.78. The lowest BCUT2D eigenvalue weighted by molar-refractivity contribution is -0.120. The fourth-order valence-corrected chi connectivity index (χ4v) is 6.34. The molecule has 4 rings (SSSR count). The number of rotatable bonds is 8. The highest BCUT2D eigenvalue weighted by molar-refractivity contribution is 7.92. The molecule has 166 valence electrons. The molecule has 2 aliphatic carbocycles. The SMILES string of the molecule is CCOc1ccccc1N(CC(=O)N[C@H]1C[C@H]2CC[C@H]1C2)S(=O)(=O)c1ccc(Cl)cc1. The fraction of sp³-hybridized carbons (Fsp3) is 0.435. The van der Waals surface area contributed by atoms with Crippen molar-refractivity contribution in [2.75, 3.05) is 17.5 Å². The Labute approximate surface area is 188 Å². The number of carbonyl (C=O) groups is 1. The lowest BCUT2D eigenvalue weighted by Gasteiger charge is -2.28. The second kappa shape index (κ2) is 9.09. The van der Waals surface area contributed by atoms with Crippen LogP contribution in [0.25, 0.3) is 0 Å². The smallest absolute Gasteiger partial charge is 0.264 e. The Balaban J connectivity index is 1.64. The number of sulfonamides is 1. The maximum atomic E-state index is 13.5. The zero-order valence-electron chi connectivity index (χ0n) is 17.5. The third-order valence-corrected chi connectivity index (χ3v) is 8.23. The first-order chi connectivity index (χ1) is 14.9. The molecule has 0 radical (unpaired) electrons. The summed E-state index contributed by atoms with van der Waals surface area (Å²) in [6, 6.07) is 12.9. The van der Waals surface area contributed by atoms with Crippen molar-refractivity contribution in [1.82, 2.24) is 5.32 Å². The summed E-state index contributed by atoms with van der Waals surface area (Å²) >= 11 is 5.94. The van der Waals surface area contributed by atoms with Gasteiger partial charge in [0, 0.05) is 11.1 Å². The summed E-state index contributed by atoms with van der Waals surface area (Å²) in [7, 11) is -4.02. The van der Waals surface area contributed by atoms with Crippen molar-refractivity contribution in [3.05, 3.63) is 53.6 Å². The molecule has 1 N–H and O–H groups in total. The number of carbonyl (C=O) groups excluding carboxylic acids is 1. The maximum absolute atomic E-state index is 13.5. The van der Waals surface area contributed by atoms with E-state index in [1.807, 2.05) is 6.92 Å². The number of anilines is 1. The molecule has 31 heavy (non-hydrogen) atoms. The van der Waals surface area contributed by atoms with Crippen molar-refractivity contribution < 1.29 is 17.9 Å². The van der Waals surface area contributed by atoms with E-state index in [4.69, 9.17) is 16.3 Å². The number of nitrogens with one attached hydrogen (secondary N) is 1. The van der Waals surface area contributed by atoms with Crippen molar-refractivity contribution in [3.8, 4) is 5.75 Å². The van der Waals surface area contributed by atoms with Gasteiger partial charge in [-0.05, 0) is 74.4 Å². The van der Waals surface area contributed by atoms with Crippen molar-refractivity contribution in [1.29, 1.82) is 0 Å². The Morgan fingerprint density at radius 3 is 2.52 bits per heavy atom. The van der Waals surface area contributed by atoms with Crippen LogP contribution < -0.4 is 14.4 Å². The molecule has 8 heteroatoms. The maximum Gasteiger partial charge on any atom is 0.264 e. The van der Waals surface area contributed by atoms with E-state index in [1.165, 1.54) is 30.7 Å².